The molecule has 1 amide bonds. The molecule has 0 spiro atoms. The fraction of sp³-hybridized carbons (Fsp3) is 0.643. The molecule has 19 heavy (non-hydrogen) atoms. The van der Waals surface area contributed by atoms with Gasteiger partial charge in [-0.05, 0) is 51.4 Å². The van der Waals surface area contributed by atoms with Gasteiger partial charge in [-0.2, -0.15) is 0 Å². The van der Waals surface area contributed by atoms with E-state index in [1.807, 2.05) is 0 Å². The highest BCUT2D eigenvalue weighted by atomic mass is 16.2. The summed E-state index contributed by atoms with van der Waals surface area (Å²) in [6.45, 7) is 3.57. The van der Waals surface area contributed by atoms with E-state index in [1.54, 1.807) is 13.8 Å². The summed E-state index contributed by atoms with van der Waals surface area (Å²) in [6, 6.07) is 0.246. The second-order valence-corrected chi connectivity index (χ2v) is 5.80. The number of rotatable bonds is 4. The Kier molecular flexibility index (Phi) is 2.92. The van der Waals surface area contributed by atoms with E-state index in [4.69, 9.17) is 0 Å². The van der Waals surface area contributed by atoms with Crippen LogP contribution in [0.25, 0.3) is 0 Å². The Hall–Kier alpha value is -1.65. The van der Waals surface area contributed by atoms with E-state index in [1.165, 1.54) is 25.7 Å². The van der Waals surface area contributed by atoms with Gasteiger partial charge >= 0.3 is 0 Å². The van der Waals surface area contributed by atoms with Gasteiger partial charge < -0.3 is 10.3 Å². The Morgan fingerprint density at radius 2 is 1.84 bits per heavy atom. The zero-order valence-electron chi connectivity index (χ0n) is 11.3. The fourth-order valence-corrected chi connectivity index (χ4v) is 2.53. The fourth-order valence-electron chi connectivity index (χ4n) is 2.53. The molecule has 1 aromatic heterocycles. The molecule has 0 aromatic carbocycles. The third-order valence-electron chi connectivity index (χ3n) is 4.11. The lowest BCUT2D eigenvalue weighted by atomic mass is 10.1. The molecular formula is C14H19N3O2. The third-order valence-corrected chi connectivity index (χ3v) is 4.11. The molecule has 0 aliphatic heterocycles. The second-order valence-electron chi connectivity index (χ2n) is 5.80. The van der Waals surface area contributed by atoms with Crippen LogP contribution in [0.5, 0.6) is 0 Å². The Morgan fingerprint density at radius 3 is 2.37 bits per heavy atom. The normalized spacial score (nSPS) is 18.7. The molecule has 0 atom stereocenters. The van der Waals surface area contributed by atoms with Crippen LogP contribution in [0.15, 0.2) is 4.79 Å². The van der Waals surface area contributed by atoms with Crippen molar-refractivity contribution < 1.29 is 4.79 Å². The number of nitrogens with zero attached hydrogens (tertiary/aromatic N) is 1. The van der Waals surface area contributed by atoms with Crippen molar-refractivity contribution >= 4 is 5.91 Å². The average Bonchev–Trinajstić information content (AvgIpc) is 3.24. The molecule has 0 bridgehead atoms. The highest BCUT2D eigenvalue weighted by Crippen LogP contribution is 2.44. The minimum Gasteiger partial charge on any atom is -0.347 e. The summed E-state index contributed by atoms with van der Waals surface area (Å²) >= 11 is 0. The van der Waals surface area contributed by atoms with Gasteiger partial charge in [0.05, 0.1) is 5.69 Å². The number of aromatic amines is 1. The Bertz CT molecular complexity index is 559. The summed E-state index contributed by atoms with van der Waals surface area (Å²) in [7, 11) is 0. The number of carbonyl (C=O) groups excluding carboxylic acids is 1. The van der Waals surface area contributed by atoms with Crippen LogP contribution in [0.3, 0.4) is 0 Å². The topological polar surface area (TPSA) is 74.8 Å². The van der Waals surface area contributed by atoms with Crippen LogP contribution < -0.4 is 10.9 Å². The van der Waals surface area contributed by atoms with Crippen LogP contribution in [-0.4, -0.2) is 21.9 Å². The van der Waals surface area contributed by atoms with Gasteiger partial charge in [0, 0.05) is 11.7 Å². The maximum absolute atomic E-state index is 12.2. The molecule has 2 saturated carbocycles. The summed E-state index contributed by atoms with van der Waals surface area (Å²) < 4.78 is 0. The quantitative estimate of drug-likeness (QED) is 0.858. The first kappa shape index (κ1) is 12.4. The largest absolute Gasteiger partial charge is 0.347 e. The number of nitrogens with one attached hydrogen (secondary N) is 2. The molecule has 5 nitrogen and oxygen atoms in total. The molecule has 0 saturated heterocycles. The zero-order valence-corrected chi connectivity index (χ0v) is 11.3. The van der Waals surface area contributed by atoms with Crippen LogP contribution >= 0.6 is 0 Å². The maximum Gasteiger partial charge on any atom is 0.279 e. The maximum atomic E-state index is 12.2. The number of aryl methyl sites for hydroxylation is 2. The van der Waals surface area contributed by atoms with Gasteiger partial charge in [0.1, 0.15) is 0 Å². The zero-order chi connectivity index (χ0) is 13.6. The van der Waals surface area contributed by atoms with Crippen LogP contribution in [0.4, 0.5) is 0 Å². The lowest BCUT2D eigenvalue weighted by Gasteiger charge is -2.17. The summed E-state index contributed by atoms with van der Waals surface area (Å²) in [5, 5.41) is 3.02. The predicted octanol–water partition coefficient (Wildman–Crippen LogP) is 1.31. The van der Waals surface area contributed by atoms with E-state index >= 15 is 0 Å². The smallest absolute Gasteiger partial charge is 0.279 e. The molecule has 3 rings (SSSR count). The summed E-state index contributed by atoms with van der Waals surface area (Å²) in [6.07, 6.45) is 4.77. The molecule has 1 aromatic rings. The Labute approximate surface area is 111 Å². The number of carbonyl (C=O) groups is 1. The number of aromatic nitrogens is 2. The number of hydrogen-bond acceptors (Lipinski definition) is 3. The van der Waals surface area contributed by atoms with Gasteiger partial charge in [-0.15, -0.1) is 0 Å². The SMILES string of the molecule is Cc1nc(C(=O)NC(C2CC2)C2CC2)c(=O)[nH]c1C. The van der Waals surface area contributed by atoms with Crippen molar-refractivity contribution in [1.82, 2.24) is 15.3 Å². The highest BCUT2D eigenvalue weighted by Gasteiger charge is 2.42. The molecular weight excluding hydrogens is 242 g/mol. The van der Waals surface area contributed by atoms with Gasteiger partial charge in [0.2, 0.25) is 0 Å². The molecule has 2 N–H and O–H groups in total. The van der Waals surface area contributed by atoms with Crippen molar-refractivity contribution in [3.05, 3.63) is 27.4 Å². The molecule has 5 heteroatoms. The van der Waals surface area contributed by atoms with E-state index in [9.17, 15) is 9.59 Å². The van der Waals surface area contributed by atoms with E-state index in [-0.39, 0.29) is 17.6 Å². The summed E-state index contributed by atoms with van der Waals surface area (Å²) in [5.41, 5.74) is 1.00. The molecule has 1 heterocycles. The Morgan fingerprint density at radius 1 is 1.26 bits per heavy atom. The molecule has 102 valence electrons. The van der Waals surface area contributed by atoms with Crippen LogP contribution in [0, 0.1) is 25.7 Å². The molecule has 2 aliphatic rings. The van der Waals surface area contributed by atoms with Crippen molar-refractivity contribution in [3.8, 4) is 0 Å². The number of hydrogen-bond donors (Lipinski definition) is 2. The number of amides is 1. The molecule has 0 radical (unpaired) electrons. The first-order chi connectivity index (χ1) is 9.06. The van der Waals surface area contributed by atoms with Crippen LogP contribution in [-0.2, 0) is 0 Å². The van der Waals surface area contributed by atoms with E-state index < -0.39 is 5.56 Å². The van der Waals surface area contributed by atoms with Crippen molar-refractivity contribution in [3.63, 3.8) is 0 Å². The monoisotopic (exact) mass is 261 g/mol. The standard InChI is InChI=1S/C14H19N3O2/c1-7-8(2)16-13(18)12(15-7)14(19)17-11(9-3-4-9)10-5-6-10/h9-11H,3-6H2,1-2H3,(H,16,18)(H,17,19). The molecule has 2 aliphatic carbocycles. The minimum atomic E-state index is -0.397. The van der Waals surface area contributed by atoms with Crippen molar-refractivity contribution in [2.75, 3.05) is 0 Å². The van der Waals surface area contributed by atoms with Crippen molar-refractivity contribution in [1.29, 1.82) is 0 Å². The van der Waals surface area contributed by atoms with Gasteiger partial charge in [-0.25, -0.2) is 4.98 Å². The second kappa shape index (κ2) is 4.47. The molecule has 0 unspecified atom stereocenters. The van der Waals surface area contributed by atoms with Crippen molar-refractivity contribution in [2.45, 2.75) is 45.6 Å². The van der Waals surface area contributed by atoms with E-state index in [0.29, 0.717) is 23.2 Å². The molecule has 2 fully saturated rings. The van der Waals surface area contributed by atoms with E-state index in [2.05, 4.69) is 15.3 Å². The van der Waals surface area contributed by atoms with E-state index in [0.717, 1.165) is 0 Å². The average molecular weight is 261 g/mol. The van der Waals surface area contributed by atoms with Gasteiger partial charge in [0.15, 0.2) is 5.69 Å². The summed E-state index contributed by atoms with van der Waals surface area (Å²) in [4.78, 5) is 30.8. The van der Waals surface area contributed by atoms with Crippen LogP contribution in [0.2, 0.25) is 0 Å². The van der Waals surface area contributed by atoms with Gasteiger partial charge in [-0.3, -0.25) is 9.59 Å². The van der Waals surface area contributed by atoms with Gasteiger partial charge in [0.25, 0.3) is 11.5 Å². The lowest BCUT2D eigenvalue weighted by Crippen LogP contribution is -2.41. The highest BCUT2D eigenvalue weighted by molar-refractivity contribution is 5.92. The Balaban J connectivity index is 1.79. The lowest BCUT2D eigenvalue weighted by molar-refractivity contribution is 0.0919. The minimum absolute atomic E-state index is 0.00519. The number of H-pyrrole nitrogens is 1. The summed E-state index contributed by atoms with van der Waals surface area (Å²) in [5.74, 6) is 0.900. The first-order valence-corrected chi connectivity index (χ1v) is 6.94. The predicted molar refractivity (Wildman–Crippen MR) is 71.0 cm³/mol. The first-order valence-electron chi connectivity index (χ1n) is 6.94. The van der Waals surface area contributed by atoms with Crippen molar-refractivity contribution in [2.24, 2.45) is 11.8 Å². The van der Waals surface area contributed by atoms with Crippen LogP contribution in [0.1, 0.15) is 47.6 Å². The van der Waals surface area contributed by atoms with Gasteiger partial charge in [-0.1, -0.05) is 0 Å². The third kappa shape index (κ3) is 2.55.